The number of unbranched alkanes of at least 4 members (excludes halogenated alkanes) is 1. The molecule has 4 aromatic carbocycles. The van der Waals surface area contributed by atoms with Gasteiger partial charge in [0, 0.05) is 43.4 Å². The molecular formula is C36H41N2O4P. The number of fused-ring (bicyclic) bond motifs is 9. The van der Waals surface area contributed by atoms with Gasteiger partial charge in [0.15, 0.2) is 0 Å². The lowest BCUT2D eigenvalue weighted by molar-refractivity contribution is -0.140. The molecule has 2 atom stereocenters. The highest BCUT2D eigenvalue weighted by molar-refractivity contribution is 7.39. The van der Waals surface area contributed by atoms with Gasteiger partial charge in [-0.05, 0) is 96.3 Å². The zero-order valence-corrected chi connectivity index (χ0v) is 26.5. The third-order valence-electron chi connectivity index (χ3n) is 9.78. The predicted octanol–water partition coefficient (Wildman–Crippen LogP) is 8.69. The first-order valence-electron chi connectivity index (χ1n) is 15.6. The molecule has 0 saturated carbocycles. The molecule has 0 amide bonds. The molecule has 7 rings (SSSR count). The summed E-state index contributed by atoms with van der Waals surface area (Å²) in [7, 11) is 2.36. The lowest BCUT2D eigenvalue weighted by atomic mass is 9.72. The summed E-state index contributed by atoms with van der Waals surface area (Å²) in [6.07, 6.45) is 3.64. The van der Waals surface area contributed by atoms with Crippen LogP contribution in [0.15, 0.2) is 69.1 Å². The fourth-order valence-electron chi connectivity index (χ4n) is 7.85. The maximum absolute atomic E-state index is 11.7. The molecule has 2 bridgehead atoms. The summed E-state index contributed by atoms with van der Waals surface area (Å²) in [5.74, 6) is 1.64. The second kappa shape index (κ2) is 11.6. The number of rotatable bonds is 6. The van der Waals surface area contributed by atoms with Crippen molar-refractivity contribution in [1.82, 2.24) is 4.90 Å². The first kappa shape index (κ1) is 28.5. The number of esters is 1. The highest BCUT2D eigenvalue weighted by Crippen LogP contribution is 2.47. The van der Waals surface area contributed by atoms with Crippen molar-refractivity contribution in [2.75, 3.05) is 45.0 Å². The van der Waals surface area contributed by atoms with Crippen LogP contribution in [0.2, 0.25) is 0 Å². The smallest absolute Gasteiger partial charge is 0.309 e. The number of hydrogen-bond acceptors (Lipinski definition) is 6. The molecule has 2 unspecified atom stereocenters. The van der Waals surface area contributed by atoms with E-state index in [1.54, 1.807) is 0 Å². The van der Waals surface area contributed by atoms with E-state index in [1.165, 1.54) is 28.7 Å². The number of carbonyl (C=O) groups is 1. The number of methoxy groups -OCH3 is 1. The minimum Gasteiger partial charge on any atom is -0.469 e. The molecule has 224 valence electrons. The number of aryl methyl sites for hydroxylation is 2. The van der Waals surface area contributed by atoms with Gasteiger partial charge in [0.05, 0.1) is 7.11 Å². The summed E-state index contributed by atoms with van der Waals surface area (Å²) in [5.41, 5.74) is 4.19. The van der Waals surface area contributed by atoms with E-state index in [0.29, 0.717) is 24.2 Å². The maximum atomic E-state index is 11.7. The summed E-state index contributed by atoms with van der Waals surface area (Å²) in [5, 5.41) is 7.13. The average Bonchev–Trinajstić information content (AvgIpc) is 3.18. The van der Waals surface area contributed by atoms with E-state index in [2.05, 4.69) is 91.1 Å². The molecule has 2 aliphatic heterocycles. The number of hydrogen-bond donors (Lipinski definition) is 0. The molecule has 5 aromatic rings. The van der Waals surface area contributed by atoms with E-state index in [-0.39, 0.29) is 5.97 Å². The van der Waals surface area contributed by atoms with Gasteiger partial charge in [-0.1, -0.05) is 55.0 Å². The third kappa shape index (κ3) is 5.24. The Morgan fingerprint density at radius 3 is 1.91 bits per heavy atom. The van der Waals surface area contributed by atoms with E-state index in [1.807, 2.05) is 0 Å². The molecule has 1 aromatic heterocycles. The largest absolute Gasteiger partial charge is 0.469 e. The van der Waals surface area contributed by atoms with Crippen molar-refractivity contribution in [2.45, 2.75) is 39.5 Å². The first-order chi connectivity index (χ1) is 20.9. The van der Waals surface area contributed by atoms with E-state index in [9.17, 15) is 4.79 Å². The Labute approximate surface area is 254 Å². The Kier molecular flexibility index (Phi) is 7.71. The molecule has 7 heteroatoms. The van der Waals surface area contributed by atoms with Gasteiger partial charge in [-0.2, -0.15) is 0 Å². The Balaban J connectivity index is 1.36. The Morgan fingerprint density at radius 1 is 0.837 bits per heavy atom. The topological polar surface area (TPSA) is 59.1 Å². The van der Waals surface area contributed by atoms with Gasteiger partial charge in [-0.25, -0.2) is 4.67 Å². The molecule has 3 heterocycles. The highest BCUT2D eigenvalue weighted by Gasteiger charge is 2.42. The van der Waals surface area contributed by atoms with Gasteiger partial charge in [-0.3, -0.25) is 4.79 Å². The summed E-state index contributed by atoms with van der Waals surface area (Å²) >= 11 is 0. The molecule has 0 radical (unpaired) electrons. The Morgan fingerprint density at radius 2 is 1.37 bits per heavy atom. The zero-order chi connectivity index (χ0) is 29.7. The fourth-order valence-corrected chi connectivity index (χ4v) is 9.59. The average molecular weight is 597 g/mol. The number of piperidine rings is 2. The van der Waals surface area contributed by atoms with Gasteiger partial charge in [-0.15, -0.1) is 0 Å². The number of likely N-dealkylation sites (tertiary alicyclic amines) is 1. The van der Waals surface area contributed by atoms with Crippen LogP contribution < -0.4 is 4.67 Å². The molecule has 2 fully saturated rings. The highest BCUT2D eigenvalue weighted by atomic mass is 31.1. The minimum atomic E-state index is -1.36. The van der Waals surface area contributed by atoms with Crippen molar-refractivity contribution in [1.29, 1.82) is 0 Å². The lowest BCUT2D eigenvalue weighted by Crippen LogP contribution is -2.56. The standard InChI is InChI=1S/C36H41N2O4P/c1-23-17-25-11-5-7-14-30(25)33-34-31-15-8-6-12-26(31)18-24(2)36(34)42-43(41-35(23)33)38-21-27-19-37(3)20-28(22-38)29(27)13-9-10-16-32(39)40-4/h5-8,11-12,14-15,17-18,27-29H,9-10,13,16,19-22H2,1-4H3. The van der Waals surface area contributed by atoms with E-state index < -0.39 is 8.16 Å². The minimum absolute atomic E-state index is 0.105. The molecule has 2 saturated heterocycles. The molecular weight excluding hydrogens is 555 g/mol. The Hall–Kier alpha value is -3.31. The van der Waals surface area contributed by atoms with Gasteiger partial charge >= 0.3 is 14.1 Å². The van der Waals surface area contributed by atoms with E-state index in [0.717, 1.165) is 78.5 Å². The third-order valence-corrected chi connectivity index (χ3v) is 11.3. The van der Waals surface area contributed by atoms with Crippen LogP contribution in [-0.4, -0.2) is 51.2 Å². The van der Waals surface area contributed by atoms with Crippen molar-refractivity contribution in [3.63, 3.8) is 0 Å². The van der Waals surface area contributed by atoms with Crippen molar-refractivity contribution in [3.8, 4) is 0 Å². The van der Waals surface area contributed by atoms with Gasteiger partial charge in [0.25, 0.3) is 0 Å². The quantitative estimate of drug-likeness (QED) is 0.144. The number of benzene rings is 4. The summed E-state index contributed by atoms with van der Waals surface area (Å²) in [6, 6.07) is 21.8. The van der Waals surface area contributed by atoms with Crippen molar-refractivity contribution >= 4 is 57.6 Å². The number of nitrogens with zero attached hydrogens (tertiary/aromatic N) is 2. The second-order valence-electron chi connectivity index (χ2n) is 12.8. The van der Waals surface area contributed by atoms with Gasteiger partial charge in [0.2, 0.25) is 0 Å². The summed E-state index contributed by atoms with van der Waals surface area (Å²) in [6.45, 7) is 8.42. The summed E-state index contributed by atoms with van der Waals surface area (Å²) < 4.78 is 21.6. The zero-order valence-electron chi connectivity index (χ0n) is 25.6. The molecule has 6 nitrogen and oxygen atoms in total. The monoisotopic (exact) mass is 596 g/mol. The predicted molar refractivity (Wildman–Crippen MR) is 177 cm³/mol. The first-order valence-corrected chi connectivity index (χ1v) is 16.8. The van der Waals surface area contributed by atoms with Crippen LogP contribution in [0.5, 0.6) is 0 Å². The summed E-state index contributed by atoms with van der Waals surface area (Å²) in [4.78, 5) is 14.2. The van der Waals surface area contributed by atoms with Crippen molar-refractivity contribution in [3.05, 3.63) is 71.8 Å². The van der Waals surface area contributed by atoms with Crippen molar-refractivity contribution in [2.24, 2.45) is 17.8 Å². The molecule has 0 spiro atoms. The number of ether oxygens (including phenoxy) is 1. The SMILES string of the molecule is COC(=O)CCCCC1C2CN(C)CC1CN(p1oc3c(C)cc4ccccc4c3c3c(o1)c(C)cc1ccccc13)C2. The fraction of sp³-hybridized carbons (Fsp3) is 0.417. The van der Waals surface area contributed by atoms with Crippen LogP contribution in [0.3, 0.4) is 0 Å². The number of carbonyl (C=O) groups excluding carboxylic acids is 1. The maximum Gasteiger partial charge on any atom is 0.309 e. The molecule has 43 heavy (non-hydrogen) atoms. The van der Waals surface area contributed by atoms with Crippen LogP contribution in [-0.2, 0) is 9.53 Å². The van der Waals surface area contributed by atoms with Gasteiger partial charge < -0.3 is 18.0 Å². The lowest BCUT2D eigenvalue weighted by Gasteiger charge is -2.49. The van der Waals surface area contributed by atoms with Crippen LogP contribution in [0.4, 0.5) is 0 Å². The molecule has 0 N–H and O–H groups in total. The molecule has 0 aliphatic carbocycles. The normalized spacial score (nSPS) is 21.2. The van der Waals surface area contributed by atoms with Crippen LogP contribution in [0.1, 0.15) is 36.8 Å². The second-order valence-corrected chi connectivity index (χ2v) is 14.2. The van der Waals surface area contributed by atoms with E-state index >= 15 is 0 Å². The van der Waals surface area contributed by atoms with Crippen LogP contribution in [0, 0.1) is 31.6 Å². The van der Waals surface area contributed by atoms with Gasteiger partial charge in [0.1, 0.15) is 11.2 Å². The van der Waals surface area contributed by atoms with Crippen LogP contribution in [0.25, 0.3) is 43.5 Å². The van der Waals surface area contributed by atoms with Crippen molar-refractivity contribution < 1.29 is 17.9 Å². The molecule has 2 aliphatic rings. The Bertz CT molecular complexity index is 1760. The van der Waals surface area contributed by atoms with Crippen LogP contribution >= 0.6 is 8.16 Å². The van der Waals surface area contributed by atoms with E-state index in [4.69, 9.17) is 13.1 Å².